The molecule has 0 aromatic heterocycles. The van der Waals surface area contributed by atoms with Gasteiger partial charge in [0, 0.05) is 11.6 Å². The van der Waals surface area contributed by atoms with Gasteiger partial charge < -0.3 is 10.2 Å². The third-order valence-corrected chi connectivity index (χ3v) is 2.26. The molecule has 0 amide bonds. The number of aryl methyl sites for hydroxylation is 1. The van der Waals surface area contributed by atoms with Crippen LogP contribution in [0.2, 0.25) is 0 Å². The zero-order valence-electron chi connectivity index (χ0n) is 9.51. The first kappa shape index (κ1) is 13.0. The van der Waals surface area contributed by atoms with Crippen molar-refractivity contribution in [2.45, 2.75) is 19.8 Å². The van der Waals surface area contributed by atoms with Gasteiger partial charge in [0.15, 0.2) is 5.78 Å². The van der Waals surface area contributed by atoms with Gasteiger partial charge in [-0.1, -0.05) is 37.6 Å². The topological polar surface area (TPSA) is 74.6 Å². The smallest absolute Gasteiger partial charge is 0.371 e. The maximum absolute atomic E-state index is 11.5. The van der Waals surface area contributed by atoms with Crippen molar-refractivity contribution >= 4 is 11.8 Å². The SMILES string of the molecule is CCCc1ccc(C(=O)/C=C(/O)C(=O)O)cc1. The molecule has 0 unspecified atom stereocenters. The Morgan fingerprint density at radius 1 is 1.18 bits per heavy atom. The van der Waals surface area contributed by atoms with Gasteiger partial charge in [-0.3, -0.25) is 4.79 Å². The van der Waals surface area contributed by atoms with E-state index in [0.29, 0.717) is 11.6 Å². The highest BCUT2D eigenvalue weighted by Crippen LogP contribution is 2.08. The summed E-state index contributed by atoms with van der Waals surface area (Å²) in [5, 5.41) is 17.4. The molecule has 2 N–H and O–H groups in total. The van der Waals surface area contributed by atoms with E-state index in [4.69, 9.17) is 10.2 Å². The molecule has 0 fully saturated rings. The maximum atomic E-state index is 11.5. The first-order valence-electron chi connectivity index (χ1n) is 5.31. The number of aliphatic hydroxyl groups excluding tert-OH is 1. The van der Waals surface area contributed by atoms with Crippen LogP contribution in [0.5, 0.6) is 0 Å². The Labute approximate surface area is 99.2 Å². The summed E-state index contributed by atoms with van der Waals surface area (Å²) in [7, 11) is 0. The van der Waals surface area contributed by atoms with E-state index in [1.54, 1.807) is 12.1 Å². The number of hydrogen-bond acceptors (Lipinski definition) is 3. The van der Waals surface area contributed by atoms with Crippen molar-refractivity contribution in [3.8, 4) is 0 Å². The van der Waals surface area contributed by atoms with Crippen molar-refractivity contribution in [3.63, 3.8) is 0 Å². The molecule has 0 spiro atoms. The number of hydrogen-bond donors (Lipinski definition) is 2. The van der Waals surface area contributed by atoms with Crippen molar-refractivity contribution in [3.05, 3.63) is 47.2 Å². The Hall–Kier alpha value is -2.10. The second kappa shape index (κ2) is 5.84. The number of rotatable bonds is 5. The van der Waals surface area contributed by atoms with Crippen LogP contribution < -0.4 is 0 Å². The van der Waals surface area contributed by atoms with E-state index < -0.39 is 17.5 Å². The van der Waals surface area contributed by atoms with E-state index in [0.717, 1.165) is 18.4 Å². The summed E-state index contributed by atoms with van der Waals surface area (Å²) in [6.45, 7) is 2.06. The minimum Gasteiger partial charge on any atom is -0.502 e. The van der Waals surface area contributed by atoms with Crippen molar-refractivity contribution in [2.75, 3.05) is 0 Å². The summed E-state index contributed by atoms with van der Waals surface area (Å²) in [4.78, 5) is 21.9. The summed E-state index contributed by atoms with van der Waals surface area (Å²) in [6, 6.07) is 6.89. The molecule has 0 saturated carbocycles. The molecule has 0 aliphatic carbocycles. The third kappa shape index (κ3) is 3.75. The first-order chi connectivity index (χ1) is 8.04. The highest BCUT2D eigenvalue weighted by atomic mass is 16.4. The summed E-state index contributed by atoms with van der Waals surface area (Å²) >= 11 is 0. The molecule has 4 heteroatoms. The first-order valence-corrected chi connectivity index (χ1v) is 5.31. The summed E-state index contributed by atoms with van der Waals surface area (Å²) in [5.74, 6) is -2.98. The Bertz CT molecular complexity index is 443. The van der Waals surface area contributed by atoms with Gasteiger partial charge in [0.25, 0.3) is 0 Å². The number of benzene rings is 1. The van der Waals surface area contributed by atoms with E-state index >= 15 is 0 Å². The van der Waals surface area contributed by atoms with Crippen molar-refractivity contribution < 1.29 is 19.8 Å². The fraction of sp³-hybridized carbons (Fsp3) is 0.231. The van der Waals surface area contributed by atoms with Crippen LogP contribution >= 0.6 is 0 Å². The zero-order valence-corrected chi connectivity index (χ0v) is 9.51. The van der Waals surface area contributed by atoms with Gasteiger partial charge in [-0.25, -0.2) is 4.79 Å². The lowest BCUT2D eigenvalue weighted by atomic mass is 10.1. The third-order valence-electron chi connectivity index (χ3n) is 2.26. The lowest BCUT2D eigenvalue weighted by molar-refractivity contribution is -0.135. The Kier molecular flexibility index (Phi) is 4.46. The van der Waals surface area contributed by atoms with Crippen LogP contribution in [0.1, 0.15) is 29.3 Å². The van der Waals surface area contributed by atoms with Gasteiger partial charge in [0.2, 0.25) is 5.76 Å². The van der Waals surface area contributed by atoms with Crippen LogP contribution in [0.15, 0.2) is 36.1 Å². The molecule has 1 aromatic rings. The molecule has 0 saturated heterocycles. The molecule has 1 rings (SSSR count). The highest BCUT2D eigenvalue weighted by molar-refractivity contribution is 6.07. The summed E-state index contributed by atoms with van der Waals surface area (Å²) < 4.78 is 0. The standard InChI is InChI=1S/C13H14O4/c1-2-3-9-4-6-10(7-5-9)11(14)8-12(15)13(16)17/h4-8,15H,2-3H2,1H3,(H,16,17)/b12-8+. The van der Waals surface area contributed by atoms with Crippen molar-refractivity contribution in [2.24, 2.45) is 0 Å². The average Bonchev–Trinajstić information content (AvgIpc) is 2.30. The Balaban J connectivity index is 2.83. The minimum absolute atomic E-state index is 0.359. The monoisotopic (exact) mass is 234 g/mol. The molecule has 4 nitrogen and oxygen atoms in total. The maximum Gasteiger partial charge on any atom is 0.371 e. The fourth-order valence-electron chi connectivity index (χ4n) is 1.39. The van der Waals surface area contributed by atoms with Crippen LogP contribution in [-0.4, -0.2) is 22.0 Å². The molecule has 90 valence electrons. The molecule has 1 aromatic carbocycles. The predicted octanol–water partition coefficient (Wildman–Crippen LogP) is 2.35. The molecule has 0 heterocycles. The molecule has 0 radical (unpaired) electrons. The summed E-state index contributed by atoms with van der Waals surface area (Å²) in [6.07, 6.45) is 2.66. The molecule has 0 aliphatic rings. The number of carboxylic acid groups (broad SMARTS) is 1. The molecule has 0 aliphatic heterocycles. The second-order valence-electron chi connectivity index (χ2n) is 3.65. The fourth-order valence-corrected chi connectivity index (χ4v) is 1.39. The van der Waals surface area contributed by atoms with E-state index in [9.17, 15) is 9.59 Å². The van der Waals surface area contributed by atoms with E-state index in [-0.39, 0.29) is 0 Å². The van der Waals surface area contributed by atoms with Gasteiger partial charge in [-0.15, -0.1) is 0 Å². The number of carboxylic acids is 1. The molecular formula is C13H14O4. The van der Waals surface area contributed by atoms with E-state index in [1.807, 2.05) is 12.1 Å². The van der Waals surface area contributed by atoms with E-state index in [1.165, 1.54) is 0 Å². The second-order valence-corrected chi connectivity index (χ2v) is 3.65. The number of aliphatic hydroxyl groups is 1. The van der Waals surface area contributed by atoms with Gasteiger partial charge in [0.1, 0.15) is 0 Å². The van der Waals surface area contributed by atoms with Gasteiger partial charge >= 0.3 is 5.97 Å². The zero-order chi connectivity index (χ0) is 12.8. The van der Waals surface area contributed by atoms with Crippen molar-refractivity contribution in [1.82, 2.24) is 0 Å². The van der Waals surface area contributed by atoms with Gasteiger partial charge in [-0.05, 0) is 12.0 Å². The minimum atomic E-state index is -1.51. The lowest BCUT2D eigenvalue weighted by Crippen LogP contribution is -2.04. The quantitative estimate of drug-likeness (QED) is 0.466. The molecule has 0 bridgehead atoms. The van der Waals surface area contributed by atoms with Gasteiger partial charge in [0.05, 0.1) is 0 Å². The number of ketones is 1. The van der Waals surface area contributed by atoms with E-state index in [2.05, 4.69) is 6.92 Å². The molecular weight excluding hydrogens is 220 g/mol. The molecule has 0 atom stereocenters. The summed E-state index contributed by atoms with van der Waals surface area (Å²) in [5.41, 5.74) is 1.48. The Morgan fingerprint density at radius 3 is 2.24 bits per heavy atom. The van der Waals surface area contributed by atoms with Crippen molar-refractivity contribution in [1.29, 1.82) is 0 Å². The highest BCUT2D eigenvalue weighted by Gasteiger charge is 2.09. The van der Waals surface area contributed by atoms with Crippen LogP contribution in [0.25, 0.3) is 0 Å². The average molecular weight is 234 g/mol. The van der Waals surface area contributed by atoms with Gasteiger partial charge in [-0.2, -0.15) is 0 Å². The largest absolute Gasteiger partial charge is 0.502 e. The van der Waals surface area contributed by atoms with Crippen LogP contribution in [-0.2, 0) is 11.2 Å². The normalized spacial score (nSPS) is 11.2. The number of aliphatic carboxylic acids is 1. The van der Waals surface area contributed by atoms with Crippen LogP contribution in [0, 0.1) is 0 Å². The predicted molar refractivity (Wildman–Crippen MR) is 63.1 cm³/mol. The number of carbonyl (C=O) groups excluding carboxylic acids is 1. The number of allylic oxidation sites excluding steroid dienone is 1. The van der Waals surface area contributed by atoms with Crippen LogP contribution in [0.4, 0.5) is 0 Å². The Morgan fingerprint density at radius 2 is 1.76 bits per heavy atom. The number of carbonyl (C=O) groups is 2. The van der Waals surface area contributed by atoms with Crippen LogP contribution in [0.3, 0.4) is 0 Å². The molecule has 17 heavy (non-hydrogen) atoms. The lowest BCUT2D eigenvalue weighted by Gasteiger charge is -2.00.